The van der Waals surface area contributed by atoms with Crippen LogP contribution >= 0.6 is 11.6 Å². The molecule has 0 aliphatic carbocycles. The maximum atomic E-state index is 13.6. The van der Waals surface area contributed by atoms with Crippen molar-refractivity contribution in [1.82, 2.24) is 5.32 Å². The molecule has 5 heteroatoms. The third kappa shape index (κ3) is 3.60. The van der Waals surface area contributed by atoms with Gasteiger partial charge in [0.1, 0.15) is 5.82 Å². The molecule has 2 rings (SSSR count). The van der Waals surface area contributed by atoms with Gasteiger partial charge in [0, 0.05) is 6.54 Å². The molecular formula is C16H15ClFNO2. The summed E-state index contributed by atoms with van der Waals surface area (Å²) in [7, 11) is 0. The lowest BCUT2D eigenvalue weighted by atomic mass is 10.0. The Labute approximate surface area is 127 Å². The molecule has 110 valence electrons. The lowest BCUT2D eigenvalue weighted by molar-refractivity contribution is 0.0912. The molecule has 2 aromatic carbocycles. The van der Waals surface area contributed by atoms with Crippen molar-refractivity contribution in [2.75, 3.05) is 6.54 Å². The third-order valence-electron chi connectivity index (χ3n) is 3.19. The summed E-state index contributed by atoms with van der Waals surface area (Å²) in [5.41, 5.74) is 1.43. The maximum Gasteiger partial charge on any atom is 0.255 e. The van der Waals surface area contributed by atoms with Gasteiger partial charge < -0.3 is 10.4 Å². The van der Waals surface area contributed by atoms with Gasteiger partial charge in [-0.05, 0) is 30.2 Å². The second-order valence-corrected chi connectivity index (χ2v) is 5.09. The highest BCUT2D eigenvalue weighted by molar-refractivity contribution is 6.33. The molecule has 0 fully saturated rings. The molecule has 0 bridgehead atoms. The summed E-state index contributed by atoms with van der Waals surface area (Å²) in [6, 6.07) is 11.4. The normalized spacial score (nSPS) is 12.0. The Morgan fingerprint density at radius 3 is 2.67 bits per heavy atom. The maximum absolute atomic E-state index is 13.6. The first kappa shape index (κ1) is 15.5. The van der Waals surface area contributed by atoms with Gasteiger partial charge in [-0.25, -0.2) is 4.39 Å². The lowest BCUT2D eigenvalue weighted by Gasteiger charge is -2.15. The summed E-state index contributed by atoms with van der Waals surface area (Å²) in [6.07, 6.45) is -0.860. The fourth-order valence-corrected chi connectivity index (χ4v) is 2.31. The highest BCUT2D eigenvalue weighted by Gasteiger charge is 2.17. The number of carbonyl (C=O) groups excluding carboxylic acids is 1. The number of aliphatic hydroxyl groups is 1. The van der Waals surface area contributed by atoms with Gasteiger partial charge in [0.05, 0.1) is 16.7 Å². The van der Waals surface area contributed by atoms with E-state index in [2.05, 4.69) is 5.32 Å². The van der Waals surface area contributed by atoms with E-state index in [0.29, 0.717) is 0 Å². The van der Waals surface area contributed by atoms with Crippen LogP contribution in [0.15, 0.2) is 42.5 Å². The van der Waals surface area contributed by atoms with Gasteiger partial charge in [-0.2, -0.15) is 0 Å². The fraction of sp³-hybridized carbons (Fsp3) is 0.188. The van der Waals surface area contributed by atoms with Gasteiger partial charge in [0.2, 0.25) is 0 Å². The number of hydrogen-bond acceptors (Lipinski definition) is 2. The van der Waals surface area contributed by atoms with Crippen LogP contribution in [0.4, 0.5) is 4.39 Å². The Hall–Kier alpha value is -1.91. The standard InChI is InChI=1S/C16H15ClFNO2/c1-10-5-2-3-6-11(10)14(20)9-19-16(21)15-12(17)7-4-8-13(15)18/h2-8,14,20H,9H2,1H3,(H,19,21). The Balaban J connectivity index is 2.06. The molecule has 1 unspecified atom stereocenters. The minimum Gasteiger partial charge on any atom is -0.387 e. The van der Waals surface area contributed by atoms with Crippen molar-refractivity contribution in [3.05, 3.63) is 70.0 Å². The molecule has 1 atom stereocenters. The Morgan fingerprint density at radius 1 is 1.29 bits per heavy atom. The van der Waals surface area contributed by atoms with Crippen molar-refractivity contribution in [2.45, 2.75) is 13.0 Å². The van der Waals surface area contributed by atoms with Crippen molar-refractivity contribution in [1.29, 1.82) is 0 Å². The van der Waals surface area contributed by atoms with Gasteiger partial charge in [0.15, 0.2) is 0 Å². The average molecular weight is 308 g/mol. The predicted octanol–water partition coefficient (Wildman–Crippen LogP) is 3.25. The molecule has 2 aromatic rings. The molecule has 3 nitrogen and oxygen atoms in total. The van der Waals surface area contributed by atoms with E-state index in [0.717, 1.165) is 11.1 Å². The third-order valence-corrected chi connectivity index (χ3v) is 3.51. The summed E-state index contributed by atoms with van der Waals surface area (Å²) in [6.45, 7) is 1.85. The highest BCUT2D eigenvalue weighted by atomic mass is 35.5. The first-order chi connectivity index (χ1) is 10.0. The van der Waals surface area contributed by atoms with Crippen molar-refractivity contribution in [3.8, 4) is 0 Å². The van der Waals surface area contributed by atoms with Crippen LogP contribution in [0.5, 0.6) is 0 Å². The van der Waals surface area contributed by atoms with Gasteiger partial charge >= 0.3 is 0 Å². The van der Waals surface area contributed by atoms with Gasteiger partial charge in [0.25, 0.3) is 5.91 Å². The van der Waals surface area contributed by atoms with Gasteiger partial charge in [-0.15, -0.1) is 0 Å². The van der Waals surface area contributed by atoms with Crippen molar-refractivity contribution in [2.24, 2.45) is 0 Å². The monoisotopic (exact) mass is 307 g/mol. The van der Waals surface area contributed by atoms with Crippen molar-refractivity contribution in [3.63, 3.8) is 0 Å². The molecule has 0 heterocycles. The number of nitrogens with one attached hydrogen (secondary N) is 1. The molecular weight excluding hydrogens is 293 g/mol. The van der Waals surface area contributed by atoms with Crippen LogP contribution < -0.4 is 5.32 Å². The van der Waals surface area contributed by atoms with Gasteiger partial charge in [-0.3, -0.25) is 4.79 Å². The number of hydrogen-bond donors (Lipinski definition) is 2. The number of aryl methyl sites for hydroxylation is 1. The highest BCUT2D eigenvalue weighted by Crippen LogP contribution is 2.20. The summed E-state index contributed by atoms with van der Waals surface area (Å²) in [5, 5.41) is 12.6. The van der Waals surface area contributed by atoms with Crippen molar-refractivity contribution >= 4 is 17.5 Å². The topological polar surface area (TPSA) is 49.3 Å². The Morgan fingerprint density at radius 2 is 2.00 bits per heavy atom. The van der Waals surface area contributed by atoms with Crippen molar-refractivity contribution < 1.29 is 14.3 Å². The van der Waals surface area contributed by atoms with Crippen LogP contribution in [0, 0.1) is 12.7 Å². The van der Waals surface area contributed by atoms with Crippen LogP contribution in [0.1, 0.15) is 27.6 Å². The van der Waals surface area contributed by atoms with Crippen LogP contribution in [0.2, 0.25) is 5.02 Å². The van der Waals surface area contributed by atoms with Crippen LogP contribution in [0.3, 0.4) is 0 Å². The zero-order valence-corrected chi connectivity index (χ0v) is 12.2. The summed E-state index contributed by atoms with van der Waals surface area (Å²) in [5.74, 6) is -1.34. The quantitative estimate of drug-likeness (QED) is 0.911. The zero-order chi connectivity index (χ0) is 15.4. The number of amides is 1. The van der Waals surface area contributed by atoms with E-state index in [4.69, 9.17) is 11.6 Å². The molecule has 0 aromatic heterocycles. The van der Waals surface area contributed by atoms with Crippen LogP contribution in [-0.2, 0) is 0 Å². The van der Waals surface area contributed by atoms with E-state index in [-0.39, 0.29) is 17.1 Å². The number of aliphatic hydroxyl groups excluding tert-OH is 1. The zero-order valence-electron chi connectivity index (χ0n) is 11.4. The van der Waals surface area contributed by atoms with E-state index in [9.17, 15) is 14.3 Å². The van der Waals surface area contributed by atoms with E-state index < -0.39 is 17.8 Å². The lowest BCUT2D eigenvalue weighted by Crippen LogP contribution is -2.29. The molecule has 21 heavy (non-hydrogen) atoms. The molecule has 2 N–H and O–H groups in total. The van der Waals surface area contributed by atoms with Crippen LogP contribution in [-0.4, -0.2) is 17.6 Å². The molecule has 0 aliphatic heterocycles. The summed E-state index contributed by atoms with van der Waals surface area (Å²) < 4.78 is 13.6. The van der Waals surface area contributed by atoms with E-state index in [1.807, 2.05) is 19.1 Å². The van der Waals surface area contributed by atoms with Crippen LogP contribution in [0.25, 0.3) is 0 Å². The van der Waals surface area contributed by atoms with E-state index in [1.165, 1.54) is 18.2 Å². The van der Waals surface area contributed by atoms with Gasteiger partial charge in [-0.1, -0.05) is 41.9 Å². The predicted molar refractivity (Wildman–Crippen MR) is 79.9 cm³/mol. The SMILES string of the molecule is Cc1ccccc1C(O)CNC(=O)c1c(F)cccc1Cl. The fourth-order valence-electron chi connectivity index (χ4n) is 2.06. The first-order valence-corrected chi connectivity index (χ1v) is 6.84. The molecule has 0 spiro atoms. The second kappa shape index (κ2) is 6.70. The molecule has 1 amide bonds. The number of benzene rings is 2. The minimum atomic E-state index is -0.860. The molecule has 0 radical (unpaired) electrons. The smallest absolute Gasteiger partial charge is 0.255 e. The molecule has 0 saturated carbocycles. The number of rotatable bonds is 4. The summed E-state index contributed by atoms with van der Waals surface area (Å²) >= 11 is 5.82. The number of halogens is 2. The largest absolute Gasteiger partial charge is 0.387 e. The molecule has 0 aliphatic rings. The number of carbonyl (C=O) groups is 1. The second-order valence-electron chi connectivity index (χ2n) is 4.68. The Bertz CT molecular complexity index is 640. The molecule has 0 saturated heterocycles. The average Bonchev–Trinajstić information content (AvgIpc) is 2.45. The van der Waals surface area contributed by atoms with E-state index >= 15 is 0 Å². The summed E-state index contributed by atoms with van der Waals surface area (Å²) in [4.78, 5) is 12.0. The Kier molecular flexibility index (Phi) is 4.94. The first-order valence-electron chi connectivity index (χ1n) is 6.46. The van der Waals surface area contributed by atoms with E-state index in [1.54, 1.807) is 12.1 Å². The minimum absolute atomic E-state index is 0.0195.